The van der Waals surface area contributed by atoms with Crippen LogP contribution in [0.4, 0.5) is 0 Å². The van der Waals surface area contributed by atoms with E-state index < -0.39 is 17.5 Å². The zero-order valence-electron chi connectivity index (χ0n) is 13.2. The maximum atomic E-state index is 12.4. The molecule has 1 unspecified atom stereocenters. The third-order valence-corrected chi connectivity index (χ3v) is 5.07. The molecular weight excluding hydrogens is 436 g/mol. The van der Waals surface area contributed by atoms with Gasteiger partial charge in [0.15, 0.2) is 0 Å². The Balaban J connectivity index is 2.50. The van der Waals surface area contributed by atoms with Crippen molar-refractivity contribution in [3.8, 4) is 0 Å². The number of carboxylic acids is 2. The van der Waals surface area contributed by atoms with Gasteiger partial charge in [0.05, 0.1) is 10.4 Å². The standard InChI is InChI=1S/C18H9Cl4NO4/c19-8-1-2-10(12(21)5-8)18(17(26)27)11(3-4-15(24)25)16-13(22)6-9(20)7-14(16)23-18/h1-7H,(H,24,25)(H,26,27)/b4-3-. The van der Waals surface area contributed by atoms with Gasteiger partial charge in [0.25, 0.3) is 0 Å². The highest BCUT2D eigenvalue weighted by atomic mass is 35.5. The molecule has 0 bridgehead atoms. The van der Waals surface area contributed by atoms with E-state index >= 15 is 0 Å². The Morgan fingerprint density at radius 3 is 2.22 bits per heavy atom. The lowest BCUT2D eigenvalue weighted by atomic mass is 9.83. The van der Waals surface area contributed by atoms with E-state index in [-0.39, 0.29) is 36.8 Å². The number of carboxylic acid groups (broad SMARTS) is 2. The Hall–Kier alpha value is -2.05. The van der Waals surface area contributed by atoms with Gasteiger partial charge in [0.1, 0.15) is 0 Å². The van der Waals surface area contributed by atoms with E-state index in [1.807, 2.05) is 0 Å². The number of hydrogen-bond acceptors (Lipinski definition) is 3. The van der Waals surface area contributed by atoms with Crippen molar-refractivity contribution in [3.05, 3.63) is 78.7 Å². The Labute approximate surface area is 172 Å². The first-order valence-corrected chi connectivity index (χ1v) is 8.87. The fourth-order valence-electron chi connectivity index (χ4n) is 2.96. The van der Waals surface area contributed by atoms with Crippen LogP contribution >= 0.6 is 46.4 Å². The fourth-order valence-corrected chi connectivity index (χ4v) is 4.09. The van der Waals surface area contributed by atoms with Gasteiger partial charge < -0.3 is 10.2 Å². The van der Waals surface area contributed by atoms with E-state index in [9.17, 15) is 14.7 Å². The molecule has 1 heterocycles. The minimum atomic E-state index is -2.01. The zero-order chi connectivity index (χ0) is 19.9. The molecule has 2 N–H and O–H groups in total. The fraction of sp³-hybridized carbons (Fsp3) is 0.0556. The van der Waals surface area contributed by atoms with Crippen LogP contribution in [0.1, 0.15) is 5.56 Å². The largest absolute Gasteiger partial charge is 0.479 e. The summed E-state index contributed by atoms with van der Waals surface area (Å²) < 4.78 is 0. The molecule has 1 atom stereocenters. The molecule has 2 aromatic carbocycles. The highest BCUT2D eigenvalue weighted by Crippen LogP contribution is 2.41. The summed E-state index contributed by atoms with van der Waals surface area (Å²) in [5, 5.41) is 20.4. The molecule has 9 heteroatoms. The zero-order valence-corrected chi connectivity index (χ0v) is 16.2. The lowest BCUT2D eigenvalue weighted by molar-refractivity contribution is -0.141. The molecule has 0 saturated heterocycles. The van der Waals surface area contributed by atoms with Gasteiger partial charge >= 0.3 is 11.9 Å². The van der Waals surface area contributed by atoms with Crippen molar-refractivity contribution < 1.29 is 19.8 Å². The van der Waals surface area contributed by atoms with Gasteiger partial charge in [-0.1, -0.05) is 52.5 Å². The lowest BCUT2D eigenvalue weighted by Crippen LogP contribution is -2.35. The molecule has 2 aromatic rings. The Morgan fingerprint density at radius 1 is 0.963 bits per heavy atom. The Morgan fingerprint density at radius 2 is 1.63 bits per heavy atom. The second kappa shape index (κ2) is 7.17. The minimum Gasteiger partial charge on any atom is -0.479 e. The predicted molar refractivity (Wildman–Crippen MR) is 103 cm³/mol. The number of carbonyl (C=O) groups is 2. The number of benzene rings is 2. The summed E-state index contributed by atoms with van der Waals surface area (Å²) in [5.41, 5.74) is -1.84. The summed E-state index contributed by atoms with van der Waals surface area (Å²) in [6, 6.07) is 7.16. The number of aliphatic carboxylic acids is 2. The summed E-state index contributed by atoms with van der Waals surface area (Å²) in [6.07, 6.45) is 1.96. The van der Waals surface area contributed by atoms with Crippen LogP contribution in [0.3, 0.4) is 0 Å². The molecule has 0 radical (unpaired) electrons. The van der Waals surface area contributed by atoms with Gasteiger partial charge in [0, 0.05) is 37.5 Å². The van der Waals surface area contributed by atoms with Crippen molar-refractivity contribution in [1.29, 1.82) is 0 Å². The average molecular weight is 445 g/mol. The van der Waals surface area contributed by atoms with Gasteiger partial charge in [-0.05, 0) is 30.3 Å². The van der Waals surface area contributed by atoms with Crippen molar-refractivity contribution in [2.45, 2.75) is 5.54 Å². The van der Waals surface area contributed by atoms with Crippen LogP contribution < -0.4 is 10.6 Å². The number of hydrogen-bond donors (Lipinski definition) is 2. The predicted octanol–water partition coefficient (Wildman–Crippen LogP) is 3.71. The van der Waals surface area contributed by atoms with Gasteiger partial charge in [-0.2, -0.15) is 0 Å². The Bertz CT molecular complexity index is 1140. The number of halogens is 4. The van der Waals surface area contributed by atoms with Crippen molar-refractivity contribution in [1.82, 2.24) is 0 Å². The monoisotopic (exact) mass is 443 g/mol. The maximum Gasteiger partial charge on any atom is 0.341 e. The molecule has 0 aromatic heterocycles. The van der Waals surface area contributed by atoms with Gasteiger partial charge in [-0.25, -0.2) is 9.59 Å². The first-order chi connectivity index (χ1) is 12.7. The van der Waals surface area contributed by atoms with Crippen LogP contribution in [-0.4, -0.2) is 22.2 Å². The van der Waals surface area contributed by atoms with E-state index in [1.165, 1.54) is 30.3 Å². The number of fused-ring (bicyclic) bond motifs is 1. The van der Waals surface area contributed by atoms with Crippen LogP contribution in [0.5, 0.6) is 0 Å². The quantitative estimate of drug-likeness (QED) is 0.703. The minimum absolute atomic E-state index is 0.0540. The highest BCUT2D eigenvalue weighted by molar-refractivity contribution is 6.36. The molecule has 3 rings (SSSR count). The average Bonchev–Trinajstić information content (AvgIpc) is 2.88. The second-order valence-electron chi connectivity index (χ2n) is 5.62. The summed E-state index contributed by atoms with van der Waals surface area (Å²) in [6.45, 7) is 0. The van der Waals surface area contributed by atoms with Gasteiger partial charge in [0.2, 0.25) is 5.54 Å². The van der Waals surface area contributed by atoms with E-state index in [2.05, 4.69) is 4.99 Å². The first-order valence-electron chi connectivity index (χ1n) is 7.36. The molecule has 0 spiro atoms. The van der Waals surface area contributed by atoms with Crippen LogP contribution in [0.25, 0.3) is 5.57 Å². The van der Waals surface area contributed by atoms with E-state index in [0.717, 1.165) is 12.2 Å². The molecule has 138 valence electrons. The molecule has 1 aliphatic heterocycles. The maximum absolute atomic E-state index is 12.4. The smallest absolute Gasteiger partial charge is 0.341 e. The molecule has 1 aliphatic rings. The Kier molecular flexibility index (Phi) is 5.23. The summed E-state index contributed by atoms with van der Waals surface area (Å²) in [7, 11) is 0. The van der Waals surface area contributed by atoms with E-state index in [4.69, 9.17) is 51.5 Å². The highest BCUT2D eigenvalue weighted by Gasteiger charge is 2.47. The molecule has 0 fully saturated rings. The molecule has 5 nitrogen and oxygen atoms in total. The van der Waals surface area contributed by atoms with Crippen molar-refractivity contribution in [2.75, 3.05) is 0 Å². The SMILES string of the molecule is O=C(O)/C=C\C1=c2c(Cl)cc(Cl)cc2=NC1(C(=O)O)c1ccc(Cl)cc1Cl. The molecule has 0 saturated carbocycles. The molecule has 0 aliphatic carbocycles. The number of nitrogens with zero attached hydrogens (tertiary/aromatic N) is 1. The summed E-state index contributed by atoms with van der Waals surface area (Å²) in [5.74, 6) is -2.62. The topological polar surface area (TPSA) is 87.0 Å². The summed E-state index contributed by atoms with van der Waals surface area (Å²) >= 11 is 24.5. The lowest BCUT2D eigenvalue weighted by Gasteiger charge is -2.25. The van der Waals surface area contributed by atoms with Crippen LogP contribution in [0.15, 0.2) is 47.5 Å². The van der Waals surface area contributed by atoms with Crippen molar-refractivity contribution in [2.24, 2.45) is 4.99 Å². The normalized spacial score (nSPS) is 18.4. The van der Waals surface area contributed by atoms with Crippen LogP contribution in [-0.2, 0) is 15.1 Å². The van der Waals surface area contributed by atoms with Crippen molar-refractivity contribution >= 4 is 63.9 Å². The first kappa shape index (κ1) is 19.7. The van der Waals surface area contributed by atoms with E-state index in [1.54, 1.807) is 0 Å². The molecule has 0 amide bonds. The van der Waals surface area contributed by atoms with Crippen LogP contribution in [0, 0.1) is 0 Å². The van der Waals surface area contributed by atoms with E-state index in [0.29, 0.717) is 5.02 Å². The number of rotatable bonds is 4. The molecule has 27 heavy (non-hydrogen) atoms. The third kappa shape index (κ3) is 3.32. The van der Waals surface area contributed by atoms with Crippen LogP contribution in [0.2, 0.25) is 20.1 Å². The third-order valence-electron chi connectivity index (χ3n) is 4.00. The molecular formula is C18H9Cl4NO4. The van der Waals surface area contributed by atoms with Crippen molar-refractivity contribution in [3.63, 3.8) is 0 Å². The van der Waals surface area contributed by atoms with Gasteiger partial charge in [-0.15, -0.1) is 0 Å². The van der Waals surface area contributed by atoms with Gasteiger partial charge in [-0.3, -0.25) is 4.99 Å². The summed E-state index contributed by atoms with van der Waals surface area (Å²) in [4.78, 5) is 27.8. The second-order valence-corrected chi connectivity index (χ2v) is 7.31.